The Morgan fingerprint density at radius 1 is 1.12 bits per heavy atom. The summed E-state index contributed by atoms with van der Waals surface area (Å²) >= 11 is 0. The molecule has 1 fully saturated rings. The maximum Gasteiger partial charge on any atom is 0.224 e. The van der Waals surface area contributed by atoms with Crippen molar-refractivity contribution in [3.63, 3.8) is 0 Å². The SMILES string of the molecule is O=C1CCc2cc(N3CCNCC3)ccc2N1. The van der Waals surface area contributed by atoms with Crippen LogP contribution in [0.4, 0.5) is 11.4 Å². The van der Waals surface area contributed by atoms with E-state index < -0.39 is 0 Å². The summed E-state index contributed by atoms with van der Waals surface area (Å²) in [6, 6.07) is 6.36. The summed E-state index contributed by atoms with van der Waals surface area (Å²) in [4.78, 5) is 13.7. The fourth-order valence-electron chi connectivity index (χ4n) is 2.49. The van der Waals surface area contributed by atoms with Gasteiger partial charge in [-0.1, -0.05) is 0 Å². The first-order valence-electron chi connectivity index (χ1n) is 6.21. The summed E-state index contributed by atoms with van der Waals surface area (Å²) < 4.78 is 0. The van der Waals surface area contributed by atoms with Gasteiger partial charge in [0.2, 0.25) is 5.91 Å². The molecule has 0 aliphatic carbocycles. The second kappa shape index (κ2) is 4.37. The van der Waals surface area contributed by atoms with Crippen LogP contribution in [0.5, 0.6) is 0 Å². The second-order valence-corrected chi connectivity index (χ2v) is 4.63. The zero-order valence-corrected chi connectivity index (χ0v) is 9.83. The average Bonchev–Trinajstić information content (AvgIpc) is 2.39. The lowest BCUT2D eigenvalue weighted by molar-refractivity contribution is -0.116. The second-order valence-electron chi connectivity index (χ2n) is 4.63. The molecule has 2 aliphatic rings. The highest BCUT2D eigenvalue weighted by Gasteiger charge is 2.17. The molecule has 0 radical (unpaired) electrons. The summed E-state index contributed by atoms with van der Waals surface area (Å²) in [7, 11) is 0. The Balaban J connectivity index is 1.85. The Morgan fingerprint density at radius 2 is 1.94 bits per heavy atom. The number of carbonyl (C=O) groups is 1. The standard InChI is InChI=1S/C13H17N3O/c17-13-4-1-10-9-11(2-3-12(10)15-13)16-7-5-14-6-8-16/h2-3,9,14H,1,4-8H2,(H,15,17). The first-order chi connectivity index (χ1) is 8.33. The highest BCUT2D eigenvalue weighted by Crippen LogP contribution is 2.27. The number of hydrogen-bond acceptors (Lipinski definition) is 3. The van der Waals surface area contributed by atoms with Gasteiger partial charge in [-0.15, -0.1) is 0 Å². The number of fused-ring (bicyclic) bond motifs is 1. The van der Waals surface area contributed by atoms with Crippen molar-refractivity contribution in [2.24, 2.45) is 0 Å². The van der Waals surface area contributed by atoms with Gasteiger partial charge in [0.1, 0.15) is 0 Å². The molecule has 1 aromatic carbocycles. The summed E-state index contributed by atoms with van der Waals surface area (Å²) in [5, 5.41) is 6.27. The van der Waals surface area contributed by atoms with Gasteiger partial charge in [-0.05, 0) is 30.2 Å². The van der Waals surface area contributed by atoms with E-state index in [0.717, 1.165) is 38.3 Å². The van der Waals surface area contributed by atoms with Crippen molar-refractivity contribution >= 4 is 17.3 Å². The molecule has 1 aromatic rings. The minimum Gasteiger partial charge on any atom is -0.369 e. The van der Waals surface area contributed by atoms with Crippen LogP contribution in [-0.2, 0) is 11.2 Å². The number of nitrogens with one attached hydrogen (secondary N) is 2. The molecule has 1 amide bonds. The number of amides is 1. The highest BCUT2D eigenvalue weighted by molar-refractivity contribution is 5.94. The molecule has 90 valence electrons. The monoisotopic (exact) mass is 231 g/mol. The Hall–Kier alpha value is -1.55. The lowest BCUT2D eigenvalue weighted by atomic mass is 10.0. The van der Waals surface area contributed by atoms with Crippen LogP contribution in [0.15, 0.2) is 18.2 Å². The summed E-state index contributed by atoms with van der Waals surface area (Å²) in [5.74, 6) is 0.132. The molecule has 0 unspecified atom stereocenters. The van der Waals surface area contributed by atoms with Crippen LogP contribution in [0.2, 0.25) is 0 Å². The summed E-state index contributed by atoms with van der Waals surface area (Å²) in [6.45, 7) is 4.22. The fourth-order valence-corrected chi connectivity index (χ4v) is 2.49. The molecule has 0 atom stereocenters. The van der Waals surface area contributed by atoms with Gasteiger partial charge in [-0.3, -0.25) is 4.79 Å². The van der Waals surface area contributed by atoms with Gasteiger partial charge in [0, 0.05) is 44.0 Å². The van der Waals surface area contributed by atoms with Crippen LogP contribution >= 0.6 is 0 Å². The van der Waals surface area contributed by atoms with Crippen LogP contribution in [0.25, 0.3) is 0 Å². The third-order valence-corrected chi connectivity index (χ3v) is 3.47. The molecule has 0 aromatic heterocycles. The Kier molecular flexibility index (Phi) is 2.73. The molecule has 2 heterocycles. The zero-order chi connectivity index (χ0) is 11.7. The first kappa shape index (κ1) is 10.6. The van der Waals surface area contributed by atoms with Gasteiger partial charge in [0.15, 0.2) is 0 Å². The molecule has 2 N–H and O–H groups in total. The van der Waals surface area contributed by atoms with Crippen LogP contribution in [0.1, 0.15) is 12.0 Å². The quantitative estimate of drug-likeness (QED) is 0.757. The van der Waals surface area contributed by atoms with Crippen LogP contribution in [-0.4, -0.2) is 32.1 Å². The van der Waals surface area contributed by atoms with Crippen molar-refractivity contribution < 1.29 is 4.79 Å². The van der Waals surface area contributed by atoms with E-state index in [1.165, 1.54) is 11.3 Å². The van der Waals surface area contributed by atoms with E-state index in [-0.39, 0.29) is 5.91 Å². The minimum absolute atomic E-state index is 0.132. The Morgan fingerprint density at radius 3 is 2.76 bits per heavy atom. The van der Waals surface area contributed by atoms with Crippen molar-refractivity contribution in [2.45, 2.75) is 12.8 Å². The van der Waals surface area contributed by atoms with Crippen molar-refractivity contribution in [1.82, 2.24) is 5.32 Å². The molecule has 17 heavy (non-hydrogen) atoms. The number of anilines is 2. The molecule has 0 saturated carbocycles. The lowest BCUT2D eigenvalue weighted by Crippen LogP contribution is -2.43. The van der Waals surface area contributed by atoms with Gasteiger partial charge >= 0.3 is 0 Å². The molecular formula is C13H17N3O. The number of benzene rings is 1. The Labute approximate surface area is 101 Å². The predicted molar refractivity (Wildman–Crippen MR) is 68.5 cm³/mol. The van der Waals surface area contributed by atoms with Crippen molar-refractivity contribution in [3.05, 3.63) is 23.8 Å². The van der Waals surface area contributed by atoms with Crippen molar-refractivity contribution in [3.8, 4) is 0 Å². The maximum atomic E-state index is 11.3. The third-order valence-electron chi connectivity index (χ3n) is 3.47. The lowest BCUT2D eigenvalue weighted by Gasteiger charge is -2.30. The van der Waals surface area contributed by atoms with Gasteiger partial charge < -0.3 is 15.5 Å². The number of carbonyl (C=O) groups excluding carboxylic acids is 1. The largest absolute Gasteiger partial charge is 0.369 e. The fraction of sp³-hybridized carbons (Fsp3) is 0.462. The van der Waals surface area contributed by atoms with Crippen molar-refractivity contribution in [1.29, 1.82) is 0 Å². The molecule has 4 heteroatoms. The van der Waals surface area contributed by atoms with Gasteiger partial charge in [-0.2, -0.15) is 0 Å². The number of nitrogens with zero attached hydrogens (tertiary/aromatic N) is 1. The van der Waals surface area contributed by atoms with E-state index in [1.54, 1.807) is 0 Å². The highest BCUT2D eigenvalue weighted by atomic mass is 16.1. The Bertz CT molecular complexity index is 438. The van der Waals surface area contributed by atoms with Gasteiger partial charge in [0.05, 0.1) is 0 Å². The van der Waals surface area contributed by atoms with E-state index in [9.17, 15) is 4.79 Å². The number of aryl methyl sites for hydroxylation is 1. The first-order valence-corrected chi connectivity index (χ1v) is 6.21. The average molecular weight is 231 g/mol. The topological polar surface area (TPSA) is 44.4 Å². The molecule has 1 saturated heterocycles. The van der Waals surface area contributed by atoms with Crippen molar-refractivity contribution in [2.75, 3.05) is 36.4 Å². The van der Waals surface area contributed by atoms with E-state index in [1.807, 2.05) is 6.07 Å². The smallest absolute Gasteiger partial charge is 0.224 e. The molecule has 0 bridgehead atoms. The maximum absolute atomic E-state index is 11.3. The minimum atomic E-state index is 0.132. The molecular weight excluding hydrogens is 214 g/mol. The normalized spacial score (nSPS) is 19.8. The molecule has 4 nitrogen and oxygen atoms in total. The number of piperazine rings is 1. The van der Waals surface area contributed by atoms with E-state index in [2.05, 4.69) is 27.7 Å². The number of hydrogen-bond donors (Lipinski definition) is 2. The number of rotatable bonds is 1. The van der Waals surface area contributed by atoms with E-state index in [4.69, 9.17) is 0 Å². The van der Waals surface area contributed by atoms with Crippen LogP contribution < -0.4 is 15.5 Å². The zero-order valence-electron chi connectivity index (χ0n) is 9.83. The summed E-state index contributed by atoms with van der Waals surface area (Å²) in [6.07, 6.45) is 1.47. The van der Waals surface area contributed by atoms with Crippen LogP contribution in [0, 0.1) is 0 Å². The van der Waals surface area contributed by atoms with Gasteiger partial charge in [-0.25, -0.2) is 0 Å². The molecule has 3 rings (SSSR count). The van der Waals surface area contributed by atoms with E-state index in [0.29, 0.717) is 6.42 Å². The predicted octanol–water partition coefficient (Wildman–Crippen LogP) is 0.981. The third kappa shape index (κ3) is 2.13. The molecule has 0 spiro atoms. The van der Waals surface area contributed by atoms with E-state index >= 15 is 0 Å². The summed E-state index contributed by atoms with van der Waals surface area (Å²) in [5.41, 5.74) is 3.53. The van der Waals surface area contributed by atoms with Gasteiger partial charge in [0.25, 0.3) is 0 Å². The van der Waals surface area contributed by atoms with Crippen LogP contribution in [0.3, 0.4) is 0 Å². The molecule has 2 aliphatic heterocycles.